The summed E-state index contributed by atoms with van der Waals surface area (Å²) in [5.74, 6) is -0.432. The highest BCUT2D eigenvalue weighted by Gasteiger charge is 2.16. The summed E-state index contributed by atoms with van der Waals surface area (Å²) in [6, 6.07) is 4.98. The lowest BCUT2D eigenvalue weighted by molar-refractivity contribution is 0.464. The summed E-state index contributed by atoms with van der Waals surface area (Å²) in [7, 11) is -3.97. The van der Waals surface area contributed by atoms with Crippen LogP contribution in [0, 0.1) is 5.82 Å². The first-order valence-electron chi connectivity index (χ1n) is 4.97. The fourth-order valence-corrected chi connectivity index (χ4v) is 2.10. The number of halogens is 3. The first-order valence-corrected chi connectivity index (χ1v) is 6.90. The molecule has 1 aromatic carbocycles. The summed E-state index contributed by atoms with van der Waals surface area (Å²) < 4.78 is 41.0. The molecule has 1 aromatic heterocycles. The van der Waals surface area contributed by atoms with Gasteiger partial charge in [0.05, 0.1) is 11.2 Å². The van der Waals surface area contributed by atoms with Gasteiger partial charge >= 0.3 is 0 Å². The first kappa shape index (κ1) is 16.6. The van der Waals surface area contributed by atoms with Crippen molar-refractivity contribution < 1.29 is 17.5 Å². The maximum atomic E-state index is 13.0. The lowest BCUT2D eigenvalue weighted by Crippen LogP contribution is -2.13. The van der Waals surface area contributed by atoms with Gasteiger partial charge in [-0.15, -0.1) is 12.4 Å². The molecule has 2 aromatic rings. The Kier molecular flexibility index (Phi) is 5.29. The van der Waals surface area contributed by atoms with Crippen LogP contribution in [0.3, 0.4) is 0 Å². The smallest absolute Gasteiger partial charge is 0.243 e. The third-order valence-electron chi connectivity index (χ3n) is 2.17. The van der Waals surface area contributed by atoms with E-state index in [1.165, 1.54) is 24.4 Å². The molecule has 0 radical (unpaired) electrons. The molecule has 5 nitrogen and oxygen atoms in total. The van der Waals surface area contributed by atoms with E-state index in [9.17, 15) is 12.8 Å². The van der Waals surface area contributed by atoms with Gasteiger partial charge in [0, 0.05) is 18.3 Å². The molecule has 0 atom stereocenters. The van der Waals surface area contributed by atoms with E-state index in [0.29, 0.717) is 0 Å². The van der Waals surface area contributed by atoms with Crippen molar-refractivity contribution in [3.63, 3.8) is 0 Å². The summed E-state index contributed by atoms with van der Waals surface area (Å²) in [5, 5.41) is 4.90. The molecule has 0 bridgehead atoms. The number of rotatable bonds is 3. The standard InChI is InChI=1S/C11H8ClFN2O3S.ClH/c12-8-5-7(1-2-9(8)13)18-10-3-4-15-6-11(10)19(14,16)17;/h1-6H,(H2,14,16,17);1H. The average Bonchev–Trinajstić information content (AvgIpc) is 2.33. The molecule has 2 rings (SSSR count). The first-order chi connectivity index (χ1) is 8.88. The quantitative estimate of drug-likeness (QED) is 0.932. The maximum absolute atomic E-state index is 13.0. The van der Waals surface area contributed by atoms with Crippen LogP contribution in [0.25, 0.3) is 0 Å². The van der Waals surface area contributed by atoms with E-state index >= 15 is 0 Å². The Bertz CT molecular complexity index is 725. The Balaban J connectivity index is 0.00000200. The normalized spacial score (nSPS) is 10.8. The molecule has 0 saturated heterocycles. The molecule has 1 heterocycles. The van der Waals surface area contributed by atoms with E-state index in [1.54, 1.807) is 0 Å². The van der Waals surface area contributed by atoms with E-state index < -0.39 is 15.8 Å². The highest BCUT2D eigenvalue weighted by molar-refractivity contribution is 7.89. The van der Waals surface area contributed by atoms with Gasteiger partial charge in [-0.1, -0.05) is 11.6 Å². The van der Waals surface area contributed by atoms with E-state index in [-0.39, 0.29) is 33.8 Å². The summed E-state index contributed by atoms with van der Waals surface area (Å²) in [5.41, 5.74) is 0. The number of benzene rings is 1. The van der Waals surface area contributed by atoms with Gasteiger partial charge in [-0.3, -0.25) is 4.98 Å². The fraction of sp³-hybridized carbons (Fsp3) is 0. The topological polar surface area (TPSA) is 82.3 Å². The lowest BCUT2D eigenvalue weighted by Gasteiger charge is -2.09. The molecular weight excluding hydrogens is 330 g/mol. The van der Waals surface area contributed by atoms with Crippen LogP contribution in [0.2, 0.25) is 5.02 Å². The number of pyridine rings is 1. The van der Waals surface area contributed by atoms with Gasteiger partial charge in [-0.2, -0.15) is 0 Å². The maximum Gasteiger partial charge on any atom is 0.243 e. The molecule has 0 aliphatic carbocycles. The zero-order valence-electron chi connectivity index (χ0n) is 9.79. The van der Waals surface area contributed by atoms with Gasteiger partial charge in [0.25, 0.3) is 0 Å². The summed E-state index contributed by atoms with van der Waals surface area (Å²) in [4.78, 5) is 3.39. The second-order valence-electron chi connectivity index (χ2n) is 3.55. The highest BCUT2D eigenvalue weighted by Crippen LogP contribution is 2.29. The molecule has 20 heavy (non-hydrogen) atoms. The van der Waals surface area contributed by atoms with Gasteiger partial charge in [0.2, 0.25) is 10.0 Å². The van der Waals surface area contributed by atoms with Gasteiger partial charge < -0.3 is 4.74 Å². The van der Waals surface area contributed by atoms with Crippen LogP contribution in [0.5, 0.6) is 11.5 Å². The lowest BCUT2D eigenvalue weighted by atomic mass is 10.3. The van der Waals surface area contributed by atoms with Crippen LogP contribution < -0.4 is 9.88 Å². The molecule has 0 aliphatic heterocycles. The van der Waals surface area contributed by atoms with Gasteiger partial charge in [0.1, 0.15) is 16.5 Å². The van der Waals surface area contributed by atoms with Crippen molar-refractivity contribution in [2.45, 2.75) is 4.90 Å². The molecular formula is C11H9Cl2FN2O3S. The highest BCUT2D eigenvalue weighted by atomic mass is 35.5. The minimum atomic E-state index is -3.97. The molecule has 0 saturated carbocycles. The van der Waals surface area contributed by atoms with Gasteiger partial charge in [-0.05, 0) is 12.1 Å². The monoisotopic (exact) mass is 338 g/mol. The predicted molar refractivity (Wildman–Crippen MR) is 74.3 cm³/mol. The van der Waals surface area contributed by atoms with Crippen molar-refractivity contribution in [2.75, 3.05) is 0 Å². The Labute approximate surface area is 126 Å². The third-order valence-corrected chi connectivity index (χ3v) is 3.38. The number of sulfonamides is 1. The molecule has 0 spiro atoms. The number of primary sulfonamides is 1. The summed E-state index contributed by atoms with van der Waals surface area (Å²) in [6.45, 7) is 0. The van der Waals surface area contributed by atoms with Gasteiger partial charge in [-0.25, -0.2) is 17.9 Å². The van der Waals surface area contributed by atoms with Crippen molar-refractivity contribution in [1.29, 1.82) is 0 Å². The van der Waals surface area contributed by atoms with Crippen LogP contribution in [0.15, 0.2) is 41.6 Å². The Morgan fingerprint density at radius 2 is 2.00 bits per heavy atom. The number of aromatic nitrogens is 1. The van der Waals surface area contributed by atoms with E-state index in [4.69, 9.17) is 21.5 Å². The van der Waals surface area contributed by atoms with Crippen LogP contribution in [0.1, 0.15) is 0 Å². The zero-order valence-corrected chi connectivity index (χ0v) is 12.2. The molecule has 0 amide bonds. The number of hydrogen-bond donors (Lipinski definition) is 1. The zero-order chi connectivity index (χ0) is 14.0. The van der Waals surface area contributed by atoms with Crippen molar-refractivity contribution in [3.05, 3.63) is 47.5 Å². The SMILES string of the molecule is Cl.NS(=O)(=O)c1cnccc1Oc1ccc(F)c(Cl)c1. The molecule has 0 unspecified atom stereocenters. The minimum absolute atomic E-state index is 0. The van der Waals surface area contributed by atoms with E-state index in [2.05, 4.69) is 4.98 Å². The predicted octanol–water partition coefficient (Wildman–Crippen LogP) is 2.74. The summed E-state index contributed by atoms with van der Waals surface area (Å²) in [6.07, 6.45) is 2.41. The average molecular weight is 339 g/mol. The Morgan fingerprint density at radius 3 is 2.60 bits per heavy atom. The molecule has 0 fully saturated rings. The number of hydrogen-bond acceptors (Lipinski definition) is 4. The summed E-state index contributed by atoms with van der Waals surface area (Å²) >= 11 is 5.60. The van der Waals surface area contributed by atoms with Crippen LogP contribution >= 0.6 is 24.0 Å². The molecule has 108 valence electrons. The molecule has 9 heteroatoms. The Hall–Kier alpha value is -1.41. The van der Waals surface area contributed by atoms with E-state index in [1.807, 2.05) is 0 Å². The van der Waals surface area contributed by atoms with Crippen LogP contribution in [-0.2, 0) is 10.0 Å². The van der Waals surface area contributed by atoms with Crippen molar-refractivity contribution in [2.24, 2.45) is 5.14 Å². The fourth-order valence-electron chi connectivity index (χ4n) is 1.33. The minimum Gasteiger partial charge on any atom is -0.456 e. The Morgan fingerprint density at radius 1 is 1.30 bits per heavy atom. The second-order valence-corrected chi connectivity index (χ2v) is 5.48. The van der Waals surface area contributed by atoms with Gasteiger partial charge in [0.15, 0.2) is 5.75 Å². The van der Waals surface area contributed by atoms with Crippen molar-refractivity contribution in [3.8, 4) is 11.5 Å². The largest absolute Gasteiger partial charge is 0.456 e. The number of nitrogens with zero attached hydrogens (tertiary/aromatic N) is 1. The number of ether oxygens (including phenoxy) is 1. The van der Waals surface area contributed by atoms with E-state index in [0.717, 1.165) is 12.3 Å². The molecule has 0 aliphatic rings. The van der Waals surface area contributed by atoms with Crippen molar-refractivity contribution >= 4 is 34.0 Å². The van der Waals surface area contributed by atoms with Crippen molar-refractivity contribution in [1.82, 2.24) is 4.98 Å². The van der Waals surface area contributed by atoms with Crippen LogP contribution in [-0.4, -0.2) is 13.4 Å². The third kappa shape index (κ3) is 3.80. The van der Waals surface area contributed by atoms with Crippen LogP contribution in [0.4, 0.5) is 4.39 Å². The second kappa shape index (κ2) is 6.36. The molecule has 2 N–H and O–H groups in total. The number of nitrogens with two attached hydrogens (primary N) is 1.